The lowest BCUT2D eigenvalue weighted by molar-refractivity contribution is -0.122. The average molecular weight is 365 g/mol. The summed E-state index contributed by atoms with van der Waals surface area (Å²) in [4.78, 5) is 2.46. The van der Waals surface area contributed by atoms with Crippen molar-refractivity contribution in [1.82, 2.24) is 4.90 Å². The van der Waals surface area contributed by atoms with Crippen LogP contribution in [0.25, 0.3) is 6.08 Å². The second-order valence-corrected chi connectivity index (χ2v) is 8.01. The third kappa shape index (κ3) is 3.99. The van der Waals surface area contributed by atoms with Gasteiger partial charge in [-0.2, -0.15) is 0 Å². The Morgan fingerprint density at radius 3 is 2.59 bits per heavy atom. The Morgan fingerprint density at radius 2 is 1.81 bits per heavy atom. The predicted molar refractivity (Wildman–Crippen MR) is 108 cm³/mol. The lowest BCUT2D eigenvalue weighted by atomic mass is 9.66. The van der Waals surface area contributed by atoms with Crippen LogP contribution in [0.15, 0.2) is 60.7 Å². The molecular formula is C24H28FNO. The fraction of sp³-hybridized carbons (Fsp3) is 0.417. The molecule has 1 N–H and O–H groups in total. The van der Waals surface area contributed by atoms with Crippen molar-refractivity contribution in [3.63, 3.8) is 0 Å². The highest BCUT2D eigenvalue weighted by Gasteiger charge is 2.48. The molecule has 0 spiro atoms. The minimum atomic E-state index is -0.572. The fourth-order valence-corrected chi connectivity index (χ4v) is 4.94. The van der Waals surface area contributed by atoms with Gasteiger partial charge in [-0.05, 0) is 42.5 Å². The summed E-state index contributed by atoms with van der Waals surface area (Å²) in [5.74, 6) is 0.0135. The van der Waals surface area contributed by atoms with E-state index >= 15 is 0 Å². The summed E-state index contributed by atoms with van der Waals surface area (Å²) in [7, 11) is 0. The predicted octanol–water partition coefficient (Wildman–Crippen LogP) is 5.21. The van der Waals surface area contributed by atoms with Crippen LogP contribution in [0.5, 0.6) is 0 Å². The van der Waals surface area contributed by atoms with Crippen LogP contribution in [0.2, 0.25) is 0 Å². The molecular weight excluding hydrogens is 337 g/mol. The van der Waals surface area contributed by atoms with E-state index < -0.39 is 5.60 Å². The smallest absolute Gasteiger partial charge is 0.123 e. The Kier molecular flexibility index (Phi) is 5.42. The van der Waals surface area contributed by atoms with Crippen LogP contribution in [0.4, 0.5) is 4.39 Å². The lowest BCUT2D eigenvalue weighted by Gasteiger charge is -2.52. The molecule has 1 aliphatic carbocycles. The van der Waals surface area contributed by atoms with E-state index in [9.17, 15) is 9.50 Å². The summed E-state index contributed by atoms with van der Waals surface area (Å²) in [5.41, 5.74) is 1.74. The zero-order chi connectivity index (χ0) is 18.7. The minimum Gasteiger partial charge on any atom is -0.389 e. The number of benzene rings is 2. The molecule has 0 aromatic heterocycles. The van der Waals surface area contributed by atoms with Crippen LogP contribution >= 0.6 is 0 Å². The number of likely N-dealkylation sites (tertiary alicyclic amines) is 1. The molecule has 0 amide bonds. The van der Waals surface area contributed by atoms with Crippen LogP contribution in [-0.2, 0) is 0 Å². The van der Waals surface area contributed by atoms with E-state index in [0.29, 0.717) is 0 Å². The van der Waals surface area contributed by atoms with Gasteiger partial charge in [-0.3, -0.25) is 4.90 Å². The highest BCUT2D eigenvalue weighted by Crippen LogP contribution is 2.49. The largest absolute Gasteiger partial charge is 0.389 e. The monoisotopic (exact) mass is 365 g/mol. The van der Waals surface area contributed by atoms with Gasteiger partial charge < -0.3 is 5.11 Å². The molecule has 27 heavy (non-hydrogen) atoms. The maximum Gasteiger partial charge on any atom is 0.123 e. The maximum atomic E-state index is 13.5. The normalized spacial score (nSPS) is 29.0. The van der Waals surface area contributed by atoms with Gasteiger partial charge in [0.2, 0.25) is 0 Å². The molecule has 4 rings (SSSR count). The molecule has 0 radical (unpaired) electrons. The Morgan fingerprint density at radius 1 is 1.04 bits per heavy atom. The van der Waals surface area contributed by atoms with E-state index in [0.717, 1.165) is 44.3 Å². The Bertz CT molecular complexity index is 773. The summed E-state index contributed by atoms with van der Waals surface area (Å²) in [6.07, 6.45) is 9.40. The summed E-state index contributed by atoms with van der Waals surface area (Å²) in [5, 5.41) is 11.3. The van der Waals surface area contributed by atoms with Crippen LogP contribution < -0.4 is 0 Å². The molecule has 1 heterocycles. The molecule has 1 saturated carbocycles. The molecule has 2 fully saturated rings. The van der Waals surface area contributed by atoms with Gasteiger partial charge in [0.1, 0.15) is 5.82 Å². The molecule has 1 aliphatic heterocycles. The SMILES string of the molecule is O[C@]12CCCC[C@H]1[C@H](c1ccc(F)cc1)N(C/C=C/c1ccccc1)CC2. The third-order valence-electron chi connectivity index (χ3n) is 6.33. The van der Waals surface area contributed by atoms with Crippen molar-refractivity contribution in [2.45, 2.75) is 43.7 Å². The van der Waals surface area contributed by atoms with E-state index in [4.69, 9.17) is 0 Å². The van der Waals surface area contributed by atoms with Crippen LogP contribution in [0.1, 0.15) is 49.3 Å². The molecule has 2 aromatic carbocycles. The molecule has 0 bridgehead atoms. The molecule has 3 atom stereocenters. The number of nitrogens with zero attached hydrogens (tertiary/aromatic N) is 1. The standard InChI is InChI=1S/C24H28FNO/c25-21-13-11-20(12-14-21)23-22-10-4-5-15-24(22,27)16-18-26(23)17-6-9-19-7-2-1-3-8-19/h1-3,6-9,11-14,22-23,27H,4-5,10,15-18H2/b9-6+/t22-,23-,24-/m0/s1. The first-order valence-corrected chi connectivity index (χ1v) is 10.1. The molecule has 2 aromatic rings. The first-order valence-electron chi connectivity index (χ1n) is 10.1. The fourth-order valence-electron chi connectivity index (χ4n) is 4.94. The first-order chi connectivity index (χ1) is 13.2. The van der Waals surface area contributed by atoms with Crippen LogP contribution in [-0.4, -0.2) is 28.7 Å². The molecule has 3 heteroatoms. The van der Waals surface area contributed by atoms with Crippen molar-refractivity contribution in [1.29, 1.82) is 0 Å². The van der Waals surface area contributed by atoms with Crippen molar-refractivity contribution in [3.8, 4) is 0 Å². The zero-order valence-corrected chi connectivity index (χ0v) is 15.7. The van der Waals surface area contributed by atoms with Gasteiger partial charge >= 0.3 is 0 Å². The summed E-state index contributed by atoms with van der Waals surface area (Å²) >= 11 is 0. The summed E-state index contributed by atoms with van der Waals surface area (Å²) in [6, 6.07) is 17.3. The zero-order valence-electron chi connectivity index (χ0n) is 15.7. The van der Waals surface area contributed by atoms with Crippen molar-refractivity contribution in [2.24, 2.45) is 5.92 Å². The third-order valence-corrected chi connectivity index (χ3v) is 6.33. The quantitative estimate of drug-likeness (QED) is 0.804. The van der Waals surface area contributed by atoms with E-state index in [-0.39, 0.29) is 17.8 Å². The van der Waals surface area contributed by atoms with Crippen molar-refractivity contribution in [2.75, 3.05) is 13.1 Å². The maximum absolute atomic E-state index is 13.5. The molecule has 0 unspecified atom stereocenters. The van der Waals surface area contributed by atoms with Gasteiger partial charge in [0.25, 0.3) is 0 Å². The number of aliphatic hydroxyl groups is 1. The summed E-state index contributed by atoms with van der Waals surface area (Å²) < 4.78 is 13.5. The Hall–Kier alpha value is -1.97. The van der Waals surface area contributed by atoms with Gasteiger partial charge in [0, 0.05) is 25.0 Å². The van der Waals surface area contributed by atoms with Gasteiger partial charge in [0.15, 0.2) is 0 Å². The summed E-state index contributed by atoms with van der Waals surface area (Å²) in [6.45, 7) is 1.71. The van der Waals surface area contributed by atoms with Gasteiger partial charge in [-0.25, -0.2) is 4.39 Å². The van der Waals surface area contributed by atoms with Gasteiger partial charge in [-0.1, -0.05) is 67.5 Å². The Labute approximate surface area is 161 Å². The highest BCUT2D eigenvalue weighted by molar-refractivity contribution is 5.48. The number of rotatable bonds is 4. The first kappa shape index (κ1) is 18.4. The van der Waals surface area contributed by atoms with E-state index in [1.165, 1.54) is 12.0 Å². The average Bonchev–Trinajstić information content (AvgIpc) is 2.69. The van der Waals surface area contributed by atoms with E-state index in [2.05, 4.69) is 29.2 Å². The van der Waals surface area contributed by atoms with E-state index in [1.807, 2.05) is 30.3 Å². The second-order valence-electron chi connectivity index (χ2n) is 8.01. The molecule has 2 aliphatic rings. The topological polar surface area (TPSA) is 23.5 Å². The minimum absolute atomic E-state index is 0.144. The van der Waals surface area contributed by atoms with Crippen LogP contribution in [0.3, 0.4) is 0 Å². The number of piperidine rings is 1. The number of halogens is 1. The van der Waals surface area contributed by atoms with Crippen molar-refractivity contribution in [3.05, 3.63) is 77.6 Å². The van der Waals surface area contributed by atoms with Gasteiger partial charge in [-0.15, -0.1) is 0 Å². The molecule has 142 valence electrons. The Balaban J connectivity index is 1.58. The molecule has 2 nitrogen and oxygen atoms in total. The van der Waals surface area contributed by atoms with Crippen LogP contribution in [0, 0.1) is 11.7 Å². The number of hydrogen-bond donors (Lipinski definition) is 1. The lowest BCUT2D eigenvalue weighted by Crippen LogP contribution is -2.54. The molecule has 1 saturated heterocycles. The van der Waals surface area contributed by atoms with Crippen molar-refractivity contribution < 1.29 is 9.50 Å². The van der Waals surface area contributed by atoms with Crippen molar-refractivity contribution >= 4 is 6.08 Å². The second kappa shape index (κ2) is 7.95. The number of fused-ring (bicyclic) bond motifs is 1. The van der Waals surface area contributed by atoms with Gasteiger partial charge in [0.05, 0.1) is 5.60 Å². The number of hydrogen-bond acceptors (Lipinski definition) is 2. The highest BCUT2D eigenvalue weighted by atomic mass is 19.1. The van der Waals surface area contributed by atoms with E-state index in [1.54, 1.807) is 12.1 Å².